The summed E-state index contributed by atoms with van der Waals surface area (Å²) >= 11 is 0. The van der Waals surface area contributed by atoms with Gasteiger partial charge in [0.25, 0.3) is 0 Å². The van der Waals surface area contributed by atoms with E-state index < -0.39 is 5.97 Å². The molecule has 2 rings (SSSR count). The highest BCUT2D eigenvalue weighted by Gasteiger charge is 2.16. The fourth-order valence-electron chi connectivity index (χ4n) is 2.59. The summed E-state index contributed by atoms with van der Waals surface area (Å²) < 4.78 is 7.37. The second kappa shape index (κ2) is 6.72. The molecule has 1 heterocycles. The number of rotatable bonds is 7. The molecular weight excluding hydrogens is 268 g/mol. The maximum Gasteiger partial charge on any atom is 0.335 e. The van der Waals surface area contributed by atoms with E-state index in [1.807, 2.05) is 6.07 Å². The third-order valence-corrected chi connectivity index (χ3v) is 3.66. The van der Waals surface area contributed by atoms with Crippen molar-refractivity contribution in [1.82, 2.24) is 9.55 Å². The van der Waals surface area contributed by atoms with Crippen LogP contribution in [0, 0.1) is 0 Å². The Hall–Kier alpha value is -1.88. The minimum Gasteiger partial charge on any atom is -0.478 e. The lowest BCUT2D eigenvalue weighted by Gasteiger charge is -2.17. The van der Waals surface area contributed by atoms with Gasteiger partial charge in [-0.1, -0.05) is 6.92 Å². The van der Waals surface area contributed by atoms with Gasteiger partial charge in [0.05, 0.1) is 16.6 Å². The molecule has 1 N–H and O–H groups in total. The van der Waals surface area contributed by atoms with Gasteiger partial charge in [-0.15, -0.1) is 0 Å². The van der Waals surface area contributed by atoms with Crippen LogP contribution >= 0.6 is 0 Å². The number of carboxylic acid groups (broad SMARTS) is 1. The average Bonchev–Trinajstić information content (AvgIpc) is 2.82. The van der Waals surface area contributed by atoms with E-state index in [1.54, 1.807) is 19.2 Å². The fourth-order valence-corrected chi connectivity index (χ4v) is 2.59. The molecule has 0 bridgehead atoms. The number of benzene rings is 1. The summed E-state index contributed by atoms with van der Waals surface area (Å²) in [6.45, 7) is 4.95. The molecule has 1 aromatic heterocycles. The highest BCUT2D eigenvalue weighted by molar-refractivity contribution is 5.92. The second-order valence-corrected chi connectivity index (χ2v) is 5.29. The Bertz CT molecular complexity index is 634. The molecule has 0 aliphatic heterocycles. The van der Waals surface area contributed by atoms with E-state index in [0.717, 1.165) is 36.1 Å². The minimum absolute atomic E-state index is 0.271. The molecule has 0 saturated heterocycles. The van der Waals surface area contributed by atoms with Gasteiger partial charge < -0.3 is 14.4 Å². The molecule has 5 heteroatoms. The lowest BCUT2D eigenvalue weighted by molar-refractivity contribution is 0.0697. The minimum atomic E-state index is -0.920. The number of methoxy groups -OCH3 is 1. The molecule has 1 aromatic carbocycles. The number of fused-ring (bicyclic) bond motifs is 1. The fraction of sp³-hybridized carbons (Fsp3) is 0.500. The predicted octanol–water partition coefficient (Wildman–Crippen LogP) is 3.28. The predicted molar refractivity (Wildman–Crippen MR) is 81.9 cm³/mol. The molecule has 21 heavy (non-hydrogen) atoms. The van der Waals surface area contributed by atoms with Crippen molar-refractivity contribution < 1.29 is 14.6 Å². The van der Waals surface area contributed by atoms with E-state index in [4.69, 9.17) is 9.84 Å². The Kier molecular flexibility index (Phi) is 4.96. The molecule has 0 saturated carbocycles. The Balaban J connectivity index is 2.49. The monoisotopic (exact) mass is 290 g/mol. The van der Waals surface area contributed by atoms with E-state index in [1.165, 1.54) is 0 Å². The lowest BCUT2D eigenvalue weighted by atomic mass is 10.2. The van der Waals surface area contributed by atoms with Crippen LogP contribution in [0.2, 0.25) is 0 Å². The van der Waals surface area contributed by atoms with Gasteiger partial charge in [-0.25, -0.2) is 9.78 Å². The standard InChI is InChI=1S/C16H22N2O3/c1-4-5-15-17-13-10-12(16(19)20)6-7-14(13)18(15)11(2)8-9-21-3/h6-7,10-11H,4-5,8-9H2,1-3H3,(H,19,20). The third kappa shape index (κ3) is 3.24. The van der Waals surface area contributed by atoms with Crippen LogP contribution < -0.4 is 0 Å². The van der Waals surface area contributed by atoms with Crippen molar-refractivity contribution >= 4 is 17.0 Å². The Morgan fingerprint density at radius 2 is 2.24 bits per heavy atom. The quantitative estimate of drug-likeness (QED) is 0.850. The van der Waals surface area contributed by atoms with Gasteiger partial charge in [0.1, 0.15) is 5.82 Å². The lowest BCUT2D eigenvalue weighted by Crippen LogP contribution is -2.11. The van der Waals surface area contributed by atoms with Gasteiger partial charge in [0.2, 0.25) is 0 Å². The topological polar surface area (TPSA) is 64.3 Å². The van der Waals surface area contributed by atoms with Crippen molar-refractivity contribution in [2.45, 2.75) is 39.2 Å². The van der Waals surface area contributed by atoms with Crippen LogP contribution in [-0.4, -0.2) is 34.3 Å². The summed E-state index contributed by atoms with van der Waals surface area (Å²) in [6, 6.07) is 5.42. The van der Waals surface area contributed by atoms with Crippen molar-refractivity contribution in [1.29, 1.82) is 0 Å². The first-order valence-electron chi connectivity index (χ1n) is 7.31. The molecule has 1 unspecified atom stereocenters. The summed E-state index contributed by atoms with van der Waals surface area (Å²) in [6.07, 6.45) is 2.79. The smallest absolute Gasteiger partial charge is 0.335 e. The maximum atomic E-state index is 11.1. The Morgan fingerprint density at radius 1 is 1.48 bits per heavy atom. The van der Waals surface area contributed by atoms with Gasteiger partial charge in [-0.2, -0.15) is 0 Å². The van der Waals surface area contributed by atoms with Crippen LogP contribution in [0.3, 0.4) is 0 Å². The normalized spacial score (nSPS) is 12.7. The number of hydrogen-bond donors (Lipinski definition) is 1. The van der Waals surface area contributed by atoms with Crippen LogP contribution in [0.25, 0.3) is 11.0 Å². The maximum absolute atomic E-state index is 11.1. The van der Waals surface area contributed by atoms with Gasteiger partial charge in [0, 0.05) is 26.2 Å². The zero-order valence-corrected chi connectivity index (χ0v) is 12.8. The van der Waals surface area contributed by atoms with Crippen LogP contribution in [0.5, 0.6) is 0 Å². The van der Waals surface area contributed by atoms with Crippen molar-refractivity contribution in [3.8, 4) is 0 Å². The summed E-state index contributed by atoms with van der Waals surface area (Å²) in [5, 5.41) is 9.10. The van der Waals surface area contributed by atoms with Crippen molar-refractivity contribution in [2.75, 3.05) is 13.7 Å². The number of ether oxygens (including phenoxy) is 1. The summed E-state index contributed by atoms with van der Waals surface area (Å²) in [7, 11) is 1.70. The first-order chi connectivity index (χ1) is 10.1. The zero-order chi connectivity index (χ0) is 15.4. The summed E-state index contributed by atoms with van der Waals surface area (Å²) in [5.41, 5.74) is 2.02. The number of carbonyl (C=O) groups is 1. The zero-order valence-electron chi connectivity index (χ0n) is 12.8. The van der Waals surface area contributed by atoms with E-state index in [0.29, 0.717) is 6.61 Å². The van der Waals surface area contributed by atoms with Gasteiger partial charge in [-0.05, 0) is 38.0 Å². The molecule has 114 valence electrons. The molecule has 5 nitrogen and oxygen atoms in total. The van der Waals surface area contributed by atoms with E-state index in [2.05, 4.69) is 23.4 Å². The van der Waals surface area contributed by atoms with Crippen LogP contribution in [0.1, 0.15) is 48.9 Å². The van der Waals surface area contributed by atoms with Crippen LogP contribution in [0.4, 0.5) is 0 Å². The van der Waals surface area contributed by atoms with Crippen LogP contribution in [-0.2, 0) is 11.2 Å². The molecule has 0 fully saturated rings. The number of imidazole rings is 1. The second-order valence-electron chi connectivity index (χ2n) is 5.29. The summed E-state index contributed by atoms with van der Waals surface area (Å²) in [4.78, 5) is 15.7. The first kappa shape index (κ1) is 15.5. The number of aromatic carboxylic acids is 1. The molecule has 1 atom stereocenters. The average molecular weight is 290 g/mol. The Morgan fingerprint density at radius 3 is 2.86 bits per heavy atom. The van der Waals surface area contributed by atoms with Crippen molar-refractivity contribution in [3.05, 3.63) is 29.6 Å². The van der Waals surface area contributed by atoms with Crippen LogP contribution in [0.15, 0.2) is 18.2 Å². The van der Waals surface area contributed by atoms with Gasteiger partial charge >= 0.3 is 5.97 Å². The van der Waals surface area contributed by atoms with Crippen molar-refractivity contribution in [3.63, 3.8) is 0 Å². The van der Waals surface area contributed by atoms with Gasteiger partial charge in [-0.3, -0.25) is 0 Å². The van der Waals surface area contributed by atoms with Crippen molar-refractivity contribution in [2.24, 2.45) is 0 Å². The largest absolute Gasteiger partial charge is 0.478 e. The SMILES string of the molecule is CCCc1nc2cc(C(=O)O)ccc2n1C(C)CCOC. The molecule has 0 spiro atoms. The highest BCUT2D eigenvalue weighted by atomic mass is 16.5. The molecule has 0 aliphatic carbocycles. The van der Waals surface area contributed by atoms with Gasteiger partial charge in [0.15, 0.2) is 0 Å². The number of nitrogens with zero attached hydrogens (tertiary/aromatic N) is 2. The van der Waals surface area contributed by atoms with E-state index in [9.17, 15) is 4.79 Å². The number of carboxylic acids is 1. The summed E-state index contributed by atoms with van der Waals surface area (Å²) in [5.74, 6) is 0.0922. The molecule has 0 radical (unpaired) electrons. The number of aryl methyl sites for hydroxylation is 1. The molecular formula is C16H22N2O3. The number of aromatic nitrogens is 2. The van der Waals surface area contributed by atoms with E-state index >= 15 is 0 Å². The first-order valence-corrected chi connectivity index (χ1v) is 7.31. The Labute approximate surface area is 124 Å². The molecule has 2 aromatic rings. The number of hydrogen-bond acceptors (Lipinski definition) is 3. The molecule has 0 aliphatic rings. The third-order valence-electron chi connectivity index (χ3n) is 3.66. The van der Waals surface area contributed by atoms with E-state index in [-0.39, 0.29) is 11.6 Å². The highest BCUT2D eigenvalue weighted by Crippen LogP contribution is 2.25. The molecule has 0 amide bonds.